The van der Waals surface area contributed by atoms with E-state index in [1.165, 1.54) is 6.07 Å². The van der Waals surface area contributed by atoms with E-state index in [0.717, 1.165) is 28.4 Å². The summed E-state index contributed by atoms with van der Waals surface area (Å²) < 4.78 is 28.1. The molecule has 0 aliphatic rings. The van der Waals surface area contributed by atoms with Crippen LogP contribution >= 0.6 is 11.3 Å². The summed E-state index contributed by atoms with van der Waals surface area (Å²) in [5.41, 5.74) is 1.48. The maximum absolute atomic E-state index is 12.3. The van der Waals surface area contributed by atoms with E-state index in [1.54, 1.807) is 6.92 Å². The molecule has 1 unspecified atom stereocenters. The molecule has 0 saturated carbocycles. The molecule has 22 heavy (non-hydrogen) atoms. The van der Waals surface area contributed by atoms with Crippen LogP contribution in [-0.4, -0.2) is 14.3 Å². The smallest absolute Gasteiger partial charge is 0.262 e. The second kappa shape index (κ2) is 5.86. The first kappa shape index (κ1) is 16.7. The van der Waals surface area contributed by atoms with Crippen molar-refractivity contribution >= 4 is 27.3 Å². The lowest BCUT2D eigenvalue weighted by Gasteiger charge is -2.12. The van der Waals surface area contributed by atoms with Crippen LogP contribution in [0.2, 0.25) is 0 Å². The molecular weight excluding hydrogens is 324 g/mol. The number of aryl methyl sites for hydroxylation is 3. The largest absolute Gasteiger partial charge is 0.466 e. The highest BCUT2D eigenvalue weighted by Gasteiger charge is 2.21. The van der Waals surface area contributed by atoms with Crippen molar-refractivity contribution < 1.29 is 17.6 Å². The minimum atomic E-state index is -3.80. The molecule has 8 heteroatoms. The number of carbonyl (C=O) groups excluding carboxylic acids is 1. The molecule has 3 N–H and O–H groups in total. The van der Waals surface area contributed by atoms with Crippen molar-refractivity contribution in [1.82, 2.24) is 5.32 Å². The molecule has 6 nitrogen and oxygen atoms in total. The van der Waals surface area contributed by atoms with Gasteiger partial charge < -0.3 is 9.73 Å². The van der Waals surface area contributed by atoms with Crippen LogP contribution < -0.4 is 10.5 Å². The first-order valence-corrected chi connectivity index (χ1v) is 8.97. The summed E-state index contributed by atoms with van der Waals surface area (Å²) in [6, 6.07) is 3.04. The Hall–Kier alpha value is -1.64. The number of nitrogens with two attached hydrogens (primary N) is 1. The van der Waals surface area contributed by atoms with Gasteiger partial charge in [-0.2, -0.15) is 0 Å². The summed E-state index contributed by atoms with van der Waals surface area (Å²) in [4.78, 5) is 12.7. The van der Waals surface area contributed by atoms with Gasteiger partial charge in [-0.25, -0.2) is 13.6 Å². The van der Waals surface area contributed by atoms with Gasteiger partial charge >= 0.3 is 0 Å². The lowest BCUT2D eigenvalue weighted by Crippen LogP contribution is -2.26. The molecule has 2 heterocycles. The summed E-state index contributed by atoms with van der Waals surface area (Å²) in [5.74, 6) is 1.19. The monoisotopic (exact) mass is 342 g/mol. The Balaban J connectivity index is 2.23. The molecule has 0 saturated heterocycles. The highest BCUT2D eigenvalue weighted by atomic mass is 32.2. The summed E-state index contributed by atoms with van der Waals surface area (Å²) in [7, 11) is -3.80. The van der Waals surface area contributed by atoms with E-state index in [1.807, 2.05) is 26.8 Å². The topological polar surface area (TPSA) is 102 Å². The van der Waals surface area contributed by atoms with E-state index in [0.29, 0.717) is 10.4 Å². The first-order valence-electron chi connectivity index (χ1n) is 6.60. The number of hydrogen-bond acceptors (Lipinski definition) is 5. The molecule has 0 aliphatic heterocycles. The molecule has 1 atom stereocenters. The Labute approximate surface area is 133 Å². The number of furan rings is 1. The van der Waals surface area contributed by atoms with E-state index in [4.69, 9.17) is 9.56 Å². The Morgan fingerprint density at radius 1 is 1.32 bits per heavy atom. The standard InChI is InChI=1S/C14H18N2O4S2/c1-7-5-12(22(15,18)19)21-13(7)14(17)16-9(3)11-6-8(2)20-10(11)4/h5-6,9H,1-4H3,(H,16,17)(H2,15,18,19). The summed E-state index contributed by atoms with van der Waals surface area (Å²) in [6.45, 7) is 7.20. The van der Waals surface area contributed by atoms with Crippen molar-refractivity contribution in [2.75, 3.05) is 0 Å². The van der Waals surface area contributed by atoms with Gasteiger partial charge in [-0.3, -0.25) is 4.79 Å². The van der Waals surface area contributed by atoms with Crippen LogP contribution in [0.3, 0.4) is 0 Å². The molecule has 0 spiro atoms. The van der Waals surface area contributed by atoms with Gasteiger partial charge in [-0.15, -0.1) is 11.3 Å². The molecule has 0 aromatic carbocycles. The van der Waals surface area contributed by atoms with Crippen LogP contribution in [0.15, 0.2) is 20.8 Å². The van der Waals surface area contributed by atoms with Gasteiger partial charge in [0.2, 0.25) is 10.0 Å². The third-order valence-electron chi connectivity index (χ3n) is 3.28. The Morgan fingerprint density at radius 3 is 2.41 bits per heavy atom. The third-order valence-corrected chi connectivity index (χ3v) is 5.93. The number of rotatable bonds is 4. The maximum atomic E-state index is 12.3. The van der Waals surface area contributed by atoms with Gasteiger partial charge in [-0.05, 0) is 45.4 Å². The molecule has 1 amide bonds. The summed E-state index contributed by atoms with van der Waals surface area (Å²) in [5, 5.41) is 7.94. The van der Waals surface area contributed by atoms with Gasteiger partial charge in [0.25, 0.3) is 5.91 Å². The van der Waals surface area contributed by atoms with E-state index in [-0.39, 0.29) is 16.2 Å². The average Bonchev–Trinajstić information content (AvgIpc) is 2.91. The van der Waals surface area contributed by atoms with Crippen molar-refractivity contribution in [2.24, 2.45) is 5.14 Å². The minimum absolute atomic E-state index is 0.0156. The number of primary sulfonamides is 1. The predicted molar refractivity (Wildman–Crippen MR) is 84.5 cm³/mol. The van der Waals surface area contributed by atoms with E-state index >= 15 is 0 Å². The highest BCUT2D eigenvalue weighted by Crippen LogP contribution is 2.27. The molecule has 2 rings (SSSR count). The van der Waals surface area contributed by atoms with Crippen molar-refractivity contribution in [3.05, 3.63) is 39.7 Å². The number of carbonyl (C=O) groups is 1. The number of hydrogen-bond donors (Lipinski definition) is 2. The zero-order valence-corrected chi connectivity index (χ0v) is 14.4. The second-order valence-electron chi connectivity index (χ2n) is 5.19. The molecular formula is C14H18N2O4S2. The third kappa shape index (κ3) is 3.40. The number of amides is 1. The van der Waals surface area contributed by atoms with Crippen LogP contribution in [0.4, 0.5) is 0 Å². The van der Waals surface area contributed by atoms with E-state index < -0.39 is 10.0 Å². The van der Waals surface area contributed by atoms with Gasteiger partial charge in [0, 0.05) is 5.56 Å². The fraction of sp³-hybridized carbons (Fsp3) is 0.357. The normalized spacial score (nSPS) is 13.1. The molecule has 0 fully saturated rings. The predicted octanol–water partition coefficient (Wildman–Crippen LogP) is 2.40. The lowest BCUT2D eigenvalue weighted by atomic mass is 10.1. The number of thiophene rings is 1. The number of nitrogens with one attached hydrogen (secondary N) is 1. The van der Waals surface area contributed by atoms with Crippen molar-refractivity contribution in [3.8, 4) is 0 Å². The van der Waals surface area contributed by atoms with Crippen LogP contribution in [0.1, 0.15) is 45.3 Å². The van der Waals surface area contributed by atoms with Gasteiger partial charge in [0.05, 0.1) is 10.9 Å². The van der Waals surface area contributed by atoms with Gasteiger partial charge in [-0.1, -0.05) is 0 Å². The van der Waals surface area contributed by atoms with E-state index in [9.17, 15) is 13.2 Å². The Bertz CT molecular complexity index is 818. The molecule has 0 radical (unpaired) electrons. The fourth-order valence-electron chi connectivity index (χ4n) is 2.24. The van der Waals surface area contributed by atoms with Gasteiger partial charge in [0.1, 0.15) is 15.7 Å². The minimum Gasteiger partial charge on any atom is -0.466 e. The molecule has 2 aromatic heterocycles. The van der Waals surface area contributed by atoms with Crippen molar-refractivity contribution in [2.45, 2.75) is 37.9 Å². The number of sulfonamides is 1. The zero-order valence-electron chi connectivity index (χ0n) is 12.8. The van der Waals surface area contributed by atoms with Crippen LogP contribution in [0.25, 0.3) is 0 Å². The van der Waals surface area contributed by atoms with Crippen molar-refractivity contribution in [1.29, 1.82) is 0 Å². The fourth-order valence-corrected chi connectivity index (χ4v) is 4.10. The highest BCUT2D eigenvalue weighted by molar-refractivity contribution is 7.91. The van der Waals surface area contributed by atoms with Crippen LogP contribution in [-0.2, 0) is 10.0 Å². The summed E-state index contributed by atoms with van der Waals surface area (Å²) in [6.07, 6.45) is 0. The van der Waals surface area contributed by atoms with E-state index in [2.05, 4.69) is 5.32 Å². The molecule has 120 valence electrons. The molecule has 2 aromatic rings. The van der Waals surface area contributed by atoms with Gasteiger partial charge in [0.15, 0.2) is 0 Å². The lowest BCUT2D eigenvalue weighted by molar-refractivity contribution is 0.0943. The SMILES string of the molecule is Cc1cc(C(C)NC(=O)c2sc(S(N)(=O)=O)cc2C)c(C)o1. The Morgan fingerprint density at radius 2 is 1.95 bits per heavy atom. The quantitative estimate of drug-likeness (QED) is 0.890. The Kier molecular flexibility index (Phi) is 4.46. The maximum Gasteiger partial charge on any atom is 0.262 e. The van der Waals surface area contributed by atoms with Crippen LogP contribution in [0.5, 0.6) is 0 Å². The van der Waals surface area contributed by atoms with Crippen molar-refractivity contribution in [3.63, 3.8) is 0 Å². The first-order chi connectivity index (χ1) is 10.1. The summed E-state index contributed by atoms with van der Waals surface area (Å²) >= 11 is 0.873. The zero-order chi connectivity index (χ0) is 16.7. The molecule has 0 bridgehead atoms. The average molecular weight is 342 g/mol. The second-order valence-corrected chi connectivity index (χ2v) is 8.03. The van der Waals surface area contributed by atoms with Crippen LogP contribution in [0, 0.1) is 20.8 Å². The molecule has 0 aliphatic carbocycles.